The summed E-state index contributed by atoms with van der Waals surface area (Å²) in [5.74, 6) is -1.32. The molecule has 5 nitrogen and oxygen atoms in total. The number of aliphatic hydroxyl groups is 2. The molecule has 5 unspecified atom stereocenters. The Morgan fingerprint density at radius 3 is 2.52 bits per heavy atom. The van der Waals surface area contributed by atoms with E-state index >= 15 is 0 Å². The molecule has 0 saturated carbocycles. The van der Waals surface area contributed by atoms with E-state index in [1.807, 2.05) is 6.08 Å². The fourth-order valence-electron chi connectivity index (χ4n) is 3.55. The molecule has 23 heavy (non-hydrogen) atoms. The normalized spacial score (nSPS) is 37.9. The number of ether oxygens (including phenoxy) is 2. The van der Waals surface area contributed by atoms with Crippen LogP contribution in [0.25, 0.3) is 0 Å². The van der Waals surface area contributed by atoms with Crippen LogP contribution in [0.3, 0.4) is 0 Å². The smallest absolute Gasteiger partial charge is 0.217 e. The minimum Gasteiger partial charge on any atom is -0.390 e. The Labute approximate surface area is 140 Å². The topological polar surface area (TPSA) is 62.2 Å². The molecular weight excluding hydrogens is 294 g/mol. The van der Waals surface area contributed by atoms with Crippen molar-refractivity contribution in [2.45, 2.75) is 65.1 Å². The van der Waals surface area contributed by atoms with Crippen LogP contribution in [0.2, 0.25) is 0 Å². The van der Waals surface area contributed by atoms with Crippen molar-refractivity contribution in [3.63, 3.8) is 0 Å². The maximum absolute atomic E-state index is 10.6. The van der Waals surface area contributed by atoms with Gasteiger partial charge in [-0.25, -0.2) is 0 Å². The average molecular weight is 327 g/mol. The highest BCUT2D eigenvalue weighted by atomic mass is 16.8. The van der Waals surface area contributed by atoms with E-state index in [-0.39, 0.29) is 17.4 Å². The molecule has 5 heteroatoms. The minimum absolute atomic E-state index is 0.0841. The lowest BCUT2D eigenvalue weighted by atomic mass is 9.72. The van der Waals surface area contributed by atoms with Gasteiger partial charge >= 0.3 is 0 Å². The SMILES string of the molecule is CCCN(CC)CC1COC2(C=CC(C(C)(C)C)C(O)C2O)O1. The molecule has 2 N–H and O–H groups in total. The van der Waals surface area contributed by atoms with Gasteiger partial charge in [-0.3, -0.25) is 0 Å². The van der Waals surface area contributed by atoms with Crippen LogP contribution in [0.1, 0.15) is 41.0 Å². The highest BCUT2D eigenvalue weighted by molar-refractivity contribution is 5.16. The number of aliphatic hydroxyl groups excluding tert-OH is 2. The summed E-state index contributed by atoms with van der Waals surface area (Å²) in [5, 5.41) is 21.1. The lowest BCUT2D eigenvalue weighted by molar-refractivity contribution is -0.234. The Balaban J connectivity index is 2.07. The molecule has 1 fully saturated rings. The van der Waals surface area contributed by atoms with Crippen molar-refractivity contribution in [1.82, 2.24) is 4.90 Å². The number of likely N-dealkylation sites (N-methyl/N-ethyl adjacent to an activating group) is 1. The van der Waals surface area contributed by atoms with Gasteiger partial charge in [-0.05, 0) is 31.0 Å². The largest absolute Gasteiger partial charge is 0.390 e. The predicted octanol–water partition coefficient (Wildman–Crippen LogP) is 1.78. The van der Waals surface area contributed by atoms with Crippen LogP contribution >= 0.6 is 0 Å². The molecule has 134 valence electrons. The molecule has 1 spiro atoms. The van der Waals surface area contributed by atoms with Crippen LogP contribution in [-0.2, 0) is 9.47 Å². The minimum atomic E-state index is -1.20. The first-order valence-corrected chi connectivity index (χ1v) is 8.83. The third kappa shape index (κ3) is 3.97. The van der Waals surface area contributed by atoms with Crippen LogP contribution < -0.4 is 0 Å². The van der Waals surface area contributed by atoms with E-state index in [1.54, 1.807) is 6.08 Å². The van der Waals surface area contributed by atoms with Crippen LogP contribution in [0.4, 0.5) is 0 Å². The van der Waals surface area contributed by atoms with E-state index in [4.69, 9.17) is 9.47 Å². The van der Waals surface area contributed by atoms with Crippen LogP contribution in [0, 0.1) is 11.3 Å². The van der Waals surface area contributed by atoms with Gasteiger partial charge in [0.05, 0.1) is 18.8 Å². The predicted molar refractivity (Wildman–Crippen MR) is 90.1 cm³/mol. The van der Waals surface area contributed by atoms with E-state index in [9.17, 15) is 10.2 Å². The second-order valence-corrected chi connectivity index (χ2v) is 7.85. The van der Waals surface area contributed by atoms with Crippen molar-refractivity contribution >= 4 is 0 Å². The molecule has 0 aromatic heterocycles. The molecule has 0 bridgehead atoms. The average Bonchev–Trinajstić information content (AvgIpc) is 2.87. The summed E-state index contributed by atoms with van der Waals surface area (Å²) in [7, 11) is 0. The lowest BCUT2D eigenvalue weighted by Crippen LogP contribution is -2.56. The van der Waals surface area contributed by atoms with Crippen molar-refractivity contribution in [3.8, 4) is 0 Å². The maximum Gasteiger partial charge on any atom is 0.217 e. The molecular formula is C18H33NO4. The number of nitrogens with zero attached hydrogens (tertiary/aromatic N) is 1. The van der Waals surface area contributed by atoms with Gasteiger partial charge in [0.2, 0.25) is 5.79 Å². The first-order chi connectivity index (χ1) is 10.7. The van der Waals surface area contributed by atoms with E-state index in [0.717, 1.165) is 26.1 Å². The Morgan fingerprint density at radius 1 is 1.26 bits per heavy atom. The Kier molecular flexibility index (Phi) is 5.90. The number of rotatable bonds is 5. The third-order valence-corrected chi connectivity index (χ3v) is 4.93. The van der Waals surface area contributed by atoms with Gasteiger partial charge in [0.25, 0.3) is 0 Å². The first-order valence-electron chi connectivity index (χ1n) is 8.83. The molecule has 2 rings (SSSR count). The van der Waals surface area contributed by atoms with E-state index < -0.39 is 18.0 Å². The highest BCUT2D eigenvalue weighted by Gasteiger charge is 2.53. The summed E-state index contributed by atoms with van der Waals surface area (Å²) in [5.41, 5.74) is -0.128. The van der Waals surface area contributed by atoms with Crippen LogP contribution in [0.15, 0.2) is 12.2 Å². The van der Waals surface area contributed by atoms with Crippen LogP contribution in [-0.4, -0.2) is 65.5 Å². The quantitative estimate of drug-likeness (QED) is 0.754. The van der Waals surface area contributed by atoms with Crippen molar-refractivity contribution in [2.75, 3.05) is 26.2 Å². The van der Waals surface area contributed by atoms with E-state index in [2.05, 4.69) is 39.5 Å². The number of hydrogen-bond donors (Lipinski definition) is 2. The first kappa shape index (κ1) is 18.9. The summed E-state index contributed by atoms with van der Waals surface area (Å²) in [6.45, 7) is 13.7. The summed E-state index contributed by atoms with van der Waals surface area (Å²) >= 11 is 0. The molecule has 1 saturated heterocycles. The Hall–Kier alpha value is -0.460. The van der Waals surface area contributed by atoms with E-state index in [1.165, 1.54) is 0 Å². The third-order valence-electron chi connectivity index (χ3n) is 4.93. The fourth-order valence-corrected chi connectivity index (χ4v) is 3.55. The molecule has 0 amide bonds. The van der Waals surface area contributed by atoms with Crippen molar-refractivity contribution < 1.29 is 19.7 Å². The Bertz CT molecular complexity index is 420. The highest BCUT2D eigenvalue weighted by Crippen LogP contribution is 2.41. The zero-order valence-corrected chi connectivity index (χ0v) is 15.2. The van der Waals surface area contributed by atoms with E-state index in [0.29, 0.717) is 6.61 Å². The maximum atomic E-state index is 10.6. The molecule has 1 heterocycles. The monoisotopic (exact) mass is 327 g/mol. The van der Waals surface area contributed by atoms with Crippen LogP contribution in [0.5, 0.6) is 0 Å². The second-order valence-electron chi connectivity index (χ2n) is 7.85. The van der Waals surface area contributed by atoms with Gasteiger partial charge in [-0.2, -0.15) is 0 Å². The van der Waals surface area contributed by atoms with Gasteiger partial charge in [0.1, 0.15) is 6.10 Å². The van der Waals surface area contributed by atoms with Crippen molar-refractivity contribution in [3.05, 3.63) is 12.2 Å². The molecule has 2 aliphatic rings. The summed E-state index contributed by atoms with van der Waals surface area (Å²) in [6.07, 6.45) is 2.79. The summed E-state index contributed by atoms with van der Waals surface area (Å²) in [4.78, 5) is 2.32. The van der Waals surface area contributed by atoms with Gasteiger partial charge in [-0.15, -0.1) is 0 Å². The lowest BCUT2D eigenvalue weighted by Gasteiger charge is -2.43. The molecule has 5 atom stereocenters. The fraction of sp³-hybridized carbons (Fsp3) is 0.889. The molecule has 0 aromatic rings. The van der Waals surface area contributed by atoms with Gasteiger partial charge in [0.15, 0.2) is 0 Å². The zero-order chi connectivity index (χ0) is 17.3. The summed E-state index contributed by atoms with van der Waals surface area (Å²) in [6, 6.07) is 0. The summed E-state index contributed by atoms with van der Waals surface area (Å²) < 4.78 is 11.9. The second kappa shape index (κ2) is 7.19. The van der Waals surface area contributed by atoms with Gasteiger partial charge in [0, 0.05) is 12.5 Å². The van der Waals surface area contributed by atoms with Gasteiger partial charge < -0.3 is 24.6 Å². The van der Waals surface area contributed by atoms with Crippen molar-refractivity contribution in [2.24, 2.45) is 11.3 Å². The van der Waals surface area contributed by atoms with Crippen molar-refractivity contribution in [1.29, 1.82) is 0 Å². The molecule has 0 radical (unpaired) electrons. The zero-order valence-electron chi connectivity index (χ0n) is 15.2. The molecule has 0 aromatic carbocycles. The standard InChI is InChI=1S/C18H33NO4/c1-6-10-19(7-2)11-13-12-22-18(23-13)9-8-14(17(3,4)5)15(20)16(18)21/h8-9,13-16,20-21H,6-7,10-12H2,1-5H3. The molecule has 1 aliphatic carbocycles. The van der Waals surface area contributed by atoms with Gasteiger partial charge in [-0.1, -0.05) is 40.7 Å². The molecule has 1 aliphatic heterocycles. The Morgan fingerprint density at radius 2 is 1.96 bits per heavy atom. The number of hydrogen-bond acceptors (Lipinski definition) is 5.